The van der Waals surface area contributed by atoms with Crippen LogP contribution in [0.2, 0.25) is 5.02 Å². The summed E-state index contributed by atoms with van der Waals surface area (Å²) in [4.78, 5) is 27.8. The van der Waals surface area contributed by atoms with Crippen molar-refractivity contribution in [3.63, 3.8) is 0 Å². The molecule has 1 unspecified atom stereocenters. The summed E-state index contributed by atoms with van der Waals surface area (Å²) in [5.74, 6) is 0.377. The molecule has 0 aromatic heterocycles. The Morgan fingerprint density at radius 2 is 1.91 bits per heavy atom. The first-order chi connectivity index (χ1) is 16.9. The smallest absolute Gasteiger partial charge is 0.337 e. The molecule has 1 N–H and O–H groups in total. The zero-order chi connectivity index (χ0) is 24.8. The van der Waals surface area contributed by atoms with Gasteiger partial charge >= 0.3 is 5.97 Å². The number of nitrogens with one attached hydrogen (secondary N) is 1. The van der Waals surface area contributed by atoms with Crippen molar-refractivity contribution in [2.45, 2.75) is 50.3 Å². The van der Waals surface area contributed by atoms with Gasteiger partial charge in [0.25, 0.3) is 0 Å². The number of carbonyl (C=O) groups excluding carboxylic acids is 2. The molecule has 2 fully saturated rings. The Morgan fingerprint density at radius 3 is 2.60 bits per heavy atom. The highest BCUT2D eigenvalue weighted by molar-refractivity contribution is 6.30. The predicted molar refractivity (Wildman–Crippen MR) is 134 cm³/mol. The third-order valence-corrected chi connectivity index (χ3v) is 7.24. The second kappa shape index (κ2) is 11.4. The lowest BCUT2D eigenvalue weighted by atomic mass is 9.84. The number of esters is 1. The highest BCUT2D eigenvalue weighted by Crippen LogP contribution is 2.33. The molecule has 35 heavy (non-hydrogen) atoms. The molecular weight excluding hydrogens is 468 g/mol. The number of halogens is 1. The van der Waals surface area contributed by atoms with Crippen LogP contribution in [0.3, 0.4) is 0 Å². The van der Waals surface area contributed by atoms with E-state index in [1.165, 1.54) is 7.11 Å². The fourth-order valence-electron chi connectivity index (χ4n) is 4.99. The number of hydrogen-bond donors (Lipinski definition) is 1. The topological polar surface area (TPSA) is 77.1 Å². The molecule has 2 heterocycles. The molecule has 0 spiro atoms. The first-order valence-corrected chi connectivity index (χ1v) is 12.5. The Bertz CT molecular complexity index is 1020. The number of benzene rings is 2. The van der Waals surface area contributed by atoms with Crippen molar-refractivity contribution in [2.24, 2.45) is 0 Å². The number of methoxy groups -OCH3 is 1. The molecule has 2 aromatic carbocycles. The molecule has 2 atom stereocenters. The number of likely N-dealkylation sites (tertiary alicyclic amines) is 1. The Morgan fingerprint density at radius 1 is 1.17 bits per heavy atom. The van der Waals surface area contributed by atoms with Crippen LogP contribution in [0.1, 0.15) is 54.6 Å². The molecule has 2 saturated heterocycles. The fraction of sp³-hybridized carbons (Fsp3) is 0.481. The van der Waals surface area contributed by atoms with Crippen LogP contribution in [0.5, 0.6) is 5.75 Å². The Kier molecular flexibility index (Phi) is 8.31. The van der Waals surface area contributed by atoms with E-state index in [4.69, 9.17) is 25.8 Å². The van der Waals surface area contributed by atoms with Crippen molar-refractivity contribution < 1.29 is 23.8 Å². The quantitative estimate of drug-likeness (QED) is 0.568. The number of piperidine rings is 1. The van der Waals surface area contributed by atoms with Gasteiger partial charge in [0.05, 0.1) is 18.7 Å². The molecule has 0 radical (unpaired) electrons. The number of nitrogens with zero attached hydrogens (tertiary/aromatic N) is 1. The van der Waals surface area contributed by atoms with E-state index >= 15 is 0 Å². The van der Waals surface area contributed by atoms with E-state index in [-0.39, 0.29) is 24.0 Å². The molecule has 4 rings (SSSR count). The van der Waals surface area contributed by atoms with E-state index in [0.29, 0.717) is 43.2 Å². The minimum Gasteiger partial charge on any atom is -0.489 e. The third-order valence-electron chi connectivity index (χ3n) is 7.00. The maximum Gasteiger partial charge on any atom is 0.337 e. The lowest BCUT2D eigenvalue weighted by Gasteiger charge is -2.48. The van der Waals surface area contributed by atoms with Gasteiger partial charge in [0, 0.05) is 24.8 Å². The van der Waals surface area contributed by atoms with Gasteiger partial charge in [0.15, 0.2) is 0 Å². The number of hydrogen-bond acceptors (Lipinski definition) is 6. The van der Waals surface area contributed by atoms with Gasteiger partial charge in [-0.15, -0.1) is 0 Å². The van der Waals surface area contributed by atoms with Crippen LogP contribution in [-0.2, 0) is 14.3 Å². The van der Waals surface area contributed by atoms with Gasteiger partial charge in [-0.2, -0.15) is 0 Å². The molecule has 1 amide bonds. The summed E-state index contributed by atoms with van der Waals surface area (Å²) >= 11 is 6.13. The average Bonchev–Trinajstić information content (AvgIpc) is 2.89. The zero-order valence-electron chi connectivity index (χ0n) is 20.3. The normalized spacial score (nSPS) is 21.1. The summed E-state index contributed by atoms with van der Waals surface area (Å²) in [6.07, 6.45) is 3.14. The van der Waals surface area contributed by atoms with Crippen LogP contribution in [0, 0.1) is 0 Å². The molecule has 7 nitrogen and oxygen atoms in total. The van der Waals surface area contributed by atoms with Crippen LogP contribution in [0.15, 0.2) is 48.5 Å². The minimum atomic E-state index is -0.644. The summed E-state index contributed by atoms with van der Waals surface area (Å²) < 4.78 is 16.7. The highest BCUT2D eigenvalue weighted by Gasteiger charge is 2.47. The summed E-state index contributed by atoms with van der Waals surface area (Å²) in [5.41, 5.74) is 0.762. The van der Waals surface area contributed by atoms with Crippen LogP contribution in [-0.4, -0.2) is 61.8 Å². The van der Waals surface area contributed by atoms with E-state index in [1.54, 1.807) is 12.1 Å². The van der Waals surface area contributed by atoms with Crippen molar-refractivity contribution in [2.75, 3.05) is 33.4 Å². The van der Waals surface area contributed by atoms with Crippen molar-refractivity contribution >= 4 is 23.5 Å². The summed E-state index contributed by atoms with van der Waals surface area (Å²) in [7, 11) is 1.36. The van der Waals surface area contributed by atoms with Gasteiger partial charge in [-0.3, -0.25) is 9.69 Å². The minimum absolute atomic E-state index is 0.00810. The molecule has 8 heteroatoms. The molecule has 188 valence electrons. The highest BCUT2D eigenvalue weighted by atomic mass is 35.5. The maximum absolute atomic E-state index is 13.8. The van der Waals surface area contributed by atoms with E-state index in [9.17, 15) is 9.59 Å². The van der Waals surface area contributed by atoms with Gasteiger partial charge in [-0.25, -0.2) is 4.79 Å². The monoisotopic (exact) mass is 500 g/mol. The van der Waals surface area contributed by atoms with Crippen molar-refractivity contribution in [3.05, 3.63) is 64.7 Å². The SMILES string of the molecule is COC(=O)c1ccc(C(C)NC(=O)C2(N3CCC[C@H](Oc4cccc(Cl)c4)C3)CCOCC2)cc1. The molecule has 0 bridgehead atoms. The van der Waals surface area contributed by atoms with Crippen molar-refractivity contribution in [1.29, 1.82) is 0 Å². The van der Waals surface area contributed by atoms with E-state index in [1.807, 2.05) is 43.3 Å². The second-order valence-electron chi connectivity index (χ2n) is 9.24. The molecular formula is C27H33ClN2O5. The Balaban J connectivity index is 1.47. The number of amides is 1. The first-order valence-electron chi connectivity index (χ1n) is 12.2. The van der Waals surface area contributed by atoms with Gasteiger partial charge in [-0.05, 0) is 75.0 Å². The average molecular weight is 501 g/mol. The van der Waals surface area contributed by atoms with Gasteiger partial charge in [-0.1, -0.05) is 29.8 Å². The van der Waals surface area contributed by atoms with Gasteiger partial charge < -0.3 is 19.5 Å². The third kappa shape index (κ3) is 5.97. The Labute approximate surface area is 211 Å². The van der Waals surface area contributed by atoms with Crippen LogP contribution in [0.25, 0.3) is 0 Å². The van der Waals surface area contributed by atoms with Crippen LogP contribution in [0.4, 0.5) is 0 Å². The van der Waals surface area contributed by atoms with Crippen molar-refractivity contribution in [1.82, 2.24) is 10.2 Å². The maximum atomic E-state index is 13.8. The van der Waals surface area contributed by atoms with Crippen LogP contribution >= 0.6 is 11.6 Å². The predicted octanol–water partition coefficient (Wildman–Crippen LogP) is 4.40. The lowest BCUT2D eigenvalue weighted by molar-refractivity contribution is -0.144. The largest absolute Gasteiger partial charge is 0.489 e. The van der Waals surface area contributed by atoms with Crippen LogP contribution < -0.4 is 10.1 Å². The summed E-state index contributed by atoms with van der Waals surface area (Å²) in [6.45, 7) is 4.56. The standard InChI is InChI=1S/C27H33ClN2O5/c1-19(20-8-10-21(11-9-20)25(31)33-2)29-26(32)27(12-15-34-16-13-27)30-14-4-7-24(18-30)35-23-6-3-5-22(28)17-23/h3,5-6,8-11,17,19,24H,4,7,12-16,18H2,1-2H3,(H,29,32)/t19?,24-/m0/s1. The Hall–Kier alpha value is -2.61. The molecule has 0 aliphatic carbocycles. The van der Waals surface area contributed by atoms with E-state index in [2.05, 4.69) is 10.2 Å². The number of rotatable bonds is 7. The van der Waals surface area contributed by atoms with E-state index in [0.717, 1.165) is 30.7 Å². The zero-order valence-corrected chi connectivity index (χ0v) is 21.1. The number of carbonyl (C=O) groups is 2. The molecule has 2 aliphatic heterocycles. The second-order valence-corrected chi connectivity index (χ2v) is 9.67. The lowest BCUT2D eigenvalue weighted by Crippen LogP contribution is -2.64. The van der Waals surface area contributed by atoms with Crippen molar-refractivity contribution in [3.8, 4) is 5.75 Å². The molecule has 2 aliphatic rings. The number of ether oxygens (including phenoxy) is 3. The summed E-state index contributed by atoms with van der Waals surface area (Å²) in [5, 5.41) is 3.87. The summed E-state index contributed by atoms with van der Waals surface area (Å²) in [6, 6.07) is 14.4. The van der Waals surface area contributed by atoms with Gasteiger partial charge in [0.2, 0.25) is 5.91 Å². The first kappa shape index (κ1) is 25.5. The van der Waals surface area contributed by atoms with E-state index < -0.39 is 5.54 Å². The van der Waals surface area contributed by atoms with Gasteiger partial charge in [0.1, 0.15) is 17.4 Å². The molecule has 2 aromatic rings. The molecule has 0 saturated carbocycles. The fourth-order valence-corrected chi connectivity index (χ4v) is 5.17.